The van der Waals surface area contributed by atoms with Gasteiger partial charge < -0.3 is 9.80 Å². The lowest BCUT2D eigenvalue weighted by Gasteiger charge is -2.23. The number of urea groups is 1. The molecule has 0 rings (SSSR count). The highest BCUT2D eigenvalue weighted by Gasteiger charge is 2.10. The van der Waals surface area contributed by atoms with Gasteiger partial charge in [-0.25, -0.2) is 4.79 Å². The lowest BCUT2D eigenvalue weighted by Crippen LogP contribution is -2.38. The van der Waals surface area contributed by atoms with Gasteiger partial charge in [0, 0.05) is 27.2 Å². The lowest BCUT2D eigenvalue weighted by atomic mass is 10.4. The summed E-state index contributed by atoms with van der Waals surface area (Å²) >= 11 is 0. The summed E-state index contributed by atoms with van der Waals surface area (Å²) in [5, 5.41) is 0. The first kappa shape index (κ1) is 10.3. The average molecular weight is 158 g/mol. The Morgan fingerprint density at radius 3 is 2.09 bits per heavy atom. The molecule has 66 valence electrons. The summed E-state index contributed by atoms with van der Waals surface area (Å²) in [6.07, 6.45) is 1.01. The quantitative estimate of drug-likeness (QED) is 0.609. The summed E-state index contributed by atoms with van der Waals surface area (Å²) in [5.74, 6) is 0. The maximum atomic E-state index is 11.3. The van der Waals surface area contributed by atoms with E-state index < -0.39 is 0 Å². The van der Waals surface area contributed by atoms with Crippen molar-refractivity contribution in [3.63, 3.8) is 0 Å². The highest BCUT2D eigenvalue weighted by Crippen LogP contribution is 1.93. The van der Waals surface area contributed by atoms with Gasteiger partial charge in [0.1, 0.15) is 0 Å². The van der Waals surface area contributed by atoms with Gasteiger partial charge in [-0.2, -0.15) is 0 Å². The van der Waals surface area contributed by atoms with E-state index >= 15 is 0 Å². The van der Waals surface area contributed by atoms with E-state index in [-0.39, 0.29) is 6.03 Å². The van der Waals surface area contributed by atoms with Gasteiger partial charge in [0.05, 0.1) is 0 Å². The van der Waals surface area contributed by atoms with Gasteiger partial charge in [-0.1, -0.05) is 6.92 Å². The first-order chi connectivity index (χ1) is 5.13. The van der Waals surface area contributed by atoms with Gasteiger partial charge in [-0.05, 0) is 13.3 Å². The van der Waals surface area contributed by atoms with Gasteiger partial charge in [-0.3, -0.25) is 0 Å². The van der Waals surface area contributed by atoms with Crippen LogP contribution in [0.5, 0.6) is 0 Å². The molecule has 3 nitrogen and oxygen atoms in total. The number of carbonyl (C=O) groups excluding carboxylic acids is 1. The van der Waals surface area contributed by atoms with Crippen LogP contribution in [0, 0.1) is 0 Å². The molecule has 0 saturated carbocycles. The van der Waals surface area contributed by atoms with Crippen LogP contribution in [-0.4, -0.2) is 43.0 Å². The van der Waals surface area contributed by atoms with Crippen molar-refractivity contribution >= 4 is 6.03 Å². The Morgan fingerprint density at radius 1 is 1.18 bits per heavy atom. The van der Waals surface area contributed by atoms with E-state index in [1.165, 1.54) is 0 Å². The molecule has 2 amide bonds. The van der Waals surface area contributed by atoms with E-state index in [0.29, 0.717) is 0 Å². The van der Waals surface area contributed by atoms with Gasteiger partial charge in [0.2, 0.25) is 0 Å². The highest BCUT2D eigenvalue weighted by molar-refractivity contribution is 5.73. The van der Waals surface area contributed by atoms with E-state index in [1.54, 1.807) is 9.80 Å². The van der Waals surface area contributed by atoms with Crippen molar-refractivity contribution in [3.8, 4) is 0 Å². The number of nitrogens with zero attached hydrogens (tertiary/aromatic N) is 2. The van der Waals surface area contributed by atoms with Crippen LogP contribution < -0.4 is 0 Å². The molecular weight excluding hydrogens is 140 g/mol. The van der Waals surface area contributed by atoms with Crippen molar-refractivity contribution in [2.24, 2.45) is 0 Å². The number of hydrogen-bond acceptors (Lipinski definition) is 1. The molecule has 0 aliphatic heterocycles. The SMILES string of the molecule is CCCN(C)C(=O)N(C)CC. The molecule has 0 unspecified atom stereocenters. The van der Waals surface area contributed by atoms with Crippen LogP contribution in [0.15, 0.2) is 0 Å². The Hall–Kier alpha value is -0.730. The van der Waals surface area contributed by atoms with Crippen LogP contribution in [-0.2, 0) is 0 Å². The van der Waals surface area contributed by atoms with Gasteiger partial charge in [-0.15, -0.1) is 0 Å². The Morgan fingerprint density at radius 2 is 1.73 bits per heavy atom. The molecule has 0 atom stereocenters. The fourth-order valence-corrected chi connectivity index (χ4v) is 0.858. The molecule has 0 saturated heterocycles. The predicted octanol–water partition coefficient (Wildman–Crippen LogP) is 1.40. The standard InChI is InChI=1S/C8H18N2O/c1-5-7-10(4)8(11)9(3)6-2/h5-7H2,1-4H3. The van der Waals surface area contributed by atoms with Crippen molar-refractivity contribution in [2.75, 3.05) is 27.2 Å². The molecule has 0 aromatic heterocycles. The number of hydrogen-bond donors (Lipinski definition) is 0. The Labute approximate surface area is 69.0 Å². The highest BCUT2D eigenvalue weighted by atomic mass is 16.2. The summed E-state index contributed by atoms with van der Waals surface area (Å²) in [6.45, 7) is 5.64. The van der Waals surface area contributed by atoms with Crippen LogP contribution in [0.4, 0.5) is 4.79 Å². The monoisotopic (exact) mass is 158 g/mol. The second kappa shape index (κ2) is 4.99. The van der Waals surface area contributed by atoms with Gasteiger partial charge >= 0.3 is 6.03 Å². The summed E-state index contributed by atoms with van der Waals surface area (Å²) in [7, 11) is 3.65. The molecule has 0 N–H and O–H groups in total. The molecule has 0 aromatic rings. The first-order valence-electron chi connectivity index (χ1n) is 4.09. The maximum absolute atomic E-state index is 11.3. The molecule has 0 spiro atoms. The van der Waals surface area contributed by atoms with E-state index in [2.05, 4.69) is 6.92 Å². The smallest absolute Gasteiger partial charge is 0.319 e. The molecule has 0 bridgehead atoms. The third kappa shape index (κ3) is 3.25. The third-order valence-corrected chi connectivity index (χ3v) is 1.69. The van der Waals surface area contributed by atoms with Crippen molar-refractivity contribution in [2.45, 2.75) is 20.3 Å². The average Bonchev–Trinajstić information content (AvgIpc) is 2.02. The van der Waals surface area contributed by atoms with Crippen LogP contribution in [0.25, 0.3) is 0 Å². The normalized spacial score (nSPS) is 9.45. The topological polar surface area (TPSA) is 23.6 Å². The van der Waals surface area contributed by atoms with Crippen molar-refractivity contribution in [1.29, 1.82) is 0 Å². The van der Waals surface area contributed by atoms with Crippen molar-refractivity contribution < 1.29 is 4.79 Å². The van der Waals surface area contributed by atoms with Crippen LogP contribution in [0.2, 0.25) is 0 Å². The minimum atomic E-state index is 0.106. The molecule has 0 fully saturated rings. The Balaban J connectivity index is 3.81. The molecule has 0 radical (unpaired) electrons. The van der Waals surface area contributed by atoms with Crippen molar-refractivity contribution in [3.05, 3.63) is 0 Å². The van der Waals surface area contributed by atoms with Crippen molar-refractivity contribution in [1.82, 2.24) is 9.80 Å². The number of carbonyl (C=O) groups is 1. The minimum Gasteiger partial charge on any atom is -0.328 e. The molecule has 0 aliphatic rings. The zero-order valence-electron chi connectivity index (χ0n) is 7.92. The van der Waals surface area contributed by atoms with Gasteiger partial charge in [0.25, 0.3) is 0 Å². The summed E-state index contributed by atoms with van der Waals surface area (Å²) in [5.41, 5.74) is 0. The van der Waals surface area contributed by atoms with E-state index in [4.69, 9.17) is 0 Å². The maximum Gasteiger partial charge on any atom is 0.319 e. The third-order valence-electron chi connectivity index (χ3n) is 1.69. The minimum absolute atomic E-state index is 0.106. The first-order valence-corrected chi connectivity index (χ1v) is 4.09. The fraction of sp³-hybridized carbons (Fsp3) is 0.875. The molecule has 11 heavy (non-hydrogen) atoms. The van der Waals surface area contributed by atoms with E-state index in [0.717, 1.165) is 19.5 Å². The Kier molecular flexibility index (Phi) is 4.66. The van der Waals surface area contributed by atoms with Crippen LogP contribution >= 0.6 is 0 Å². The van der Waals surface area contributed by atoms with Crippen LogP contribution in [0.1, 0.15) is 20.3 Å². The van der Waals surface area contributed by atoms with E-state index in [1.807, 2.05) is 21.0 Å². The predicted molar refractivity (Wildman–Crippen MR) is 46.6 cm³/mol. The summed E-state index contributed by atoms with van der Waals surface area (Å²) in [4.78, 5) is 14.8. The fourth-order valence-electron chi connectivity index (χ4n) is 0.858. The number of rotatable bonds is 3. The number of amides is 2. The Bertz CT molecular complexity index is 125. The molecule has 0 heterocycles. The van der Waals surface area contributed by atoms with Crippen LogP contribution in [0.3, 0.4) is 0 Å². The zero-order chi connectivity index (χ0) is 8.85. The largest absolute Gasteiger partial charge is 0.328 e. The lowest BCUT2D eigenvalue weighted by molar-refractivity contribution is 0.175. The molecule has 3 heteroatoms. The molecule has 0 aliphatic carbocycles. The van der Waals surface area contributed by atoms with E-state index in [9.17, 15) is 4.79 Å². The summed E-state index contributed by atoms with van der Waals surface area (Å²) < 4.78 is 0. The molecule has 0 aromatic carbocycles. The second-order valence-electron chi connectivity index (χ2n) is 2.72. The zero-order valence-corrected chi connectivity index (χ0v) is 7.92. The second-order valence-corrected chi connectivity index (χ2v) is 2.72. The summed E-state index contributed by atoms with van der Waals surface area (Å²) in [6, 6.07) is 0.106. The van der Waals surface area contributed by atoms with Gasteiger partial charge in [0.15, 0.2) is 0 Å². The molecular formula is C8H18N2O.